The fourth-order valence-corrected chi connectivity index (χ4v) is 5.87. The van der Waals surface area contributed by atoms with E-state index < -0.39 is 10.0 Å². The van der Waals surface area contributed by atoms with Crippen molar-refractivity contribution >= 4 is 48.9 Å². The zero-order chi connectivity index (χ0) is 20.8. The molecule has 1 heterocycles. The first-order chi connectivity index (χ1) is 13.7. The van der Waals surface area contributed by atoms with E-state index in [2.05, 4.69) is 15.8 Å². The van der Waals surface area contributed by atoms with E-state index >= 15 is 0 Å². The summed E-state index contributed by atoms with van der Waals surface area (Å²) >= 11 is 8.04. The largest absolute Gasteiger partial charge is 0.280 e. The number of fused-ring (bicyclic) bond motifs is 1. The molecule has 3 aromatic carbocycles. The van der Waals surface area contributed by atoms with Crippen molar-refractivity contribution in [1.82, 2.24) is 4.98 Å². The Hall–Kier alpha value is -2.41. The predicted molar refractivity (Wildman–Crippen MR) is 122 cm³/mol. The molecule has 148 valence electrons. The quantitative estimate of drug-likeness (QED) is 0.401. The first-order valence-electron chi connectivity index (χ1n) is 8.99. The predicted octanol–water partition coefficient (Wildman–Crippen LogP) is 6.34. The smallest absolute Gasteiger partial charge is 0.261 e. The zero-order valence-corrected chi connectivity index (χ0v) is 18.5. The average molecular weight is 443 g/mol. The summed E-state index contributed by atoms with van der Waals surface area (Å²) in [6.07, 6.45) is 0. The van der Waals surface area contributed by atoms with Gasteiger partial charge in [-0.2, -0.15) is 0 Å². The van der Waals surface area contributed by atoms with E-state index in [1.807, 2.05) is 39.0 Å². The van der Waals surface area contributed by atoms with Crippen LogP contribution in [-0.4, -0.2) is 13.4 Å². The molecule has 1 N–H and O–H groups in total. The van der Waals surface area contributed by atoms with Crippen LogP contribution < -0.4 is 4.72 Å². The summed E-state index contributed by atoms with van der Waals surface area (Å²) in [5.74, 6) is 0. The average Bonchev–Trinajstić information content (AvgIpc) is 3.03. The zero-order valence-electron chi connectivity index (χ0n) is 16.2. The van der Waals surface area contributed by atoms with E-state index in [0.717, 1.165) is 31.9 Å². The number of hydrogen-bond donors (Lipinski definition) is 1. The molecule has 0 aliphatic heterocycles. The number of halogens is 1. The van der Waals surface area contributed by atoms with Gasteiger partial charge in [0.2, 0.25) is 0 Å². The Kier molecular flexibility index (Phi) is 5.11. The van der Waals surface area contributed by atoms with Gasteiger partial charge in [-0.3, -0.25) is 4.72 Å². The molecular formula is C22H19ClN2O2S2. The molecule has 0 bridgehead atoms. The second-order valence-electron chi connectivity index (χ2n) is 7.11. The molecule has 0 aliphatic carbocycles. The van der Waals surface area contributed by atoms with E-state index in [1.165, 1.54) is 5.56 Å². The van der Waals surface area contributed by atoms with Crippen LogP contribution in [0.1, 0.15) is 16.7 Å². The van der Waals surface area contributed by atoms with Crippen LogP contribution in [0.5, 0.6) is 0 Å². The number of anilines is 1. The van der Waals surface area contributed by atoms with Crippen LogP contribution in [0.15, 0.2) is 59.5 Å². The highest BCUT2D eigenvalue weighted by atomic mass is 35.5. The fourth-order valence-electron chi connectivity index (χ4n) is 3.20. The van der Waals surface area contributed by atoms with Crippen LogP contribution in [0, 0.1) is 20.8 Å². The minimum absolute atomic E-state index is 0.233. The molecule has 0 amide bonds. The Balaban J connectivity index is 1.66. The summed E-state index contributed by atoms with van der Waals surface area (Å²) in [7, 11) is -3.70. The minimum atomic E-state index is -3.70. The van der Waals surface area contributed by atoms with Gasteiger partial charge in [-0.05, 0) is 79.9 Å². The third-order valence-corrected chi connectivity index (χ3v) is 7.23. The normalized spacial score (nSPS) is 11.7. The van der Waals surface area contributed by atoms with E-state index in [0.29, 0.717) is 10.7 Å². The van der Waals surface area contributed by atoms with Gasteiger partial charge in [0, 0.05) is 5.56 Å². The number of hydrogen-bond acceptors (Lipinski definition) is 4. The van der Waals surface area contributed by atoms with Gasteiger partial charge < -0.3 is 0 Å². The summed E-state index contributed by atoms with van der Waals surface area (Å²) in [6.45, 7) is 5.79. The van der Waals surface area contributed by atoms with Crippen LogP contribution in [0.2, 0.25) is 5.02 Å². The van der Waals surface area contributed by atoms with Crippen molar-refractivity contribution in [3.05, 3.63) is 76.3 Å². The van der Waals surface area contributed by atoms with Crippen LogP contribution in [-0.2, 0) is 10.0 Å². The molecule has 4 aromatic rings. The van der Waals surface area contributed by atoms with Crippen molar-refractivity contribution in [2.24, 2.45) is 0 Å². The Morgan fingerprint density at radius 3 is 2.31 bits per heavy atom. The van der Waals surface area contributed by atoms with Crippen molar-refractivity contribution in [3.8, 4) is 10.6 Å². The van der Waals surface area contributed by atoms with Gasteiger partial charge in [-0.1, -0.05) is 23.7 Å². The molecule has 4 nitrogen and oxygen atoms in total. The molecule has 29 heavy (non-hydrogen) atoms. The Morgan fingerprint density at radius 2 is 1.62 bits per heavy atom. The highest BCUT2D eigenvalue weighted by molar-refractivity contribution is 7.92. The van der Waals surface area contributed by atoms with Gasteiger partial charge in [0.05, 0.1) is 25.8 Å². The Labute approximate surface area is 179 Å². The molecule has 1 aromatic heterocycles. The third-order valence-electron chi connectivity index (χ3n) is 4.50. The molecule has 4 rings (SSSR count). The maximum absolute atomic E-state index is 12.8. The van der Waals surface area contributed by atoms with Gasteiger partial charge in [-0.15, -0.1) is 11.3 Å². The van der Waals surface area contributed by atoms with Crippen LogP contribution in [0.4, 0.5) is 5.69 Å². The molecule has 0 radical (unpaired) electrons. The lowest BCUT2D eigenvalue weighted by Gasteiger charge is -2.11. The van der Waals surface area contributed by atoms with Crippen molar-refractivity contribution in [3.63, 3.8) is 0 Å². The van der Waals surface area contributed by atoms with Crippen LogP contribution in [0.3, 0.4) is 0 Å². The Bertz CT molecular complexity index is 1320. The highest BCUT2D eigenvalue weighted by Crippen LogP contribution is 2.36. The van der Waals surface area contributed by atoms with Crippen molar-refractivity contribution in [2.45, 2.75) is 25.7 Å². The second-order valence-corrected chi connectivity index (χ2v) is 10.2. The van der Waals surface area contributed by atoms with E-state index in [9.17, 15) is 8.42 Å². The van der Waals surface area contributed by atoms with Gasteiger partial charge in [0.25, 0.3) is 10.0 Å². The lowest BCUT2D eigenvalue weighted by atomic mass is 10.2. The lowest BCUT2D eigenvalue weighted by molar-refractivity contribution is 0.601. The van der Waals surface area contributed by atoms with Crippen molar-refractivity contribution < 1.29 is 8.42 Å². The molecule has 0 saturated heterocycles. The van der Waals surface area contributed by atoms with Crippen LogP contribution in [0.25, 0.3) is 20.8 Å². The number of aromatic nitrogens is 1. The standard InChI is InChI=1S/C22H19ClN2O2S2/c1-13-4-7-20-21(11-13)28-22(24-20)18-6-5-16(12-19(18)23)25-29(26,27)17-9-14(2)8-15(3)10-17/h4-12,25H,1-3H3. The maximum Gasteiger partial charge on any atom is 0.261 e. The number of benzene rings is 3. The number of rotatable bonds is 4. The first-order valence-corrected chi connectivity index (χ1v) is 11.7. The van der Waals surface area contributed by atoms with E-state index in [4.69, 9.17) is 11.6 Å². The topological polar surface area (TPSA) is 59.1 Å². The number of thiazole rings is 1. The van der Waals surface area contributed by atoms with Crippen molar-refractivity contribution in [2.75, 3.05) is 4.72 Å². The number of sulfonamides is 1. The maximum atomic E-state index is 12.8. The summed E-state index contributed by atoms with van der Waals surface area (Å²) in [4.78, 5) is 4.88. The van der Waals surface area contributed by atoms with E-state index in [-0.39, 0.29) is 4.90 Å². The molecule has 0 aliphatic rings. The summed E-state index contributed by atoms with van der Waals surface area (Å²) in [5.41, 5.74) is 5.07. The molecule has 0 fully saturated rings. The molecule has 0 spiro atoms. The van der Waals surface area contributed by atoms with Gasteiger partial charge >= 0.3 is 0 Å². The van der Waals surface area contributed by atoms with Gasteiger partial charge in [-0.25, -0.2) is 13.4 Å². The molecule has 0 unspecified atom stereocenters. The summed E-state index contributed by atoms with van der Waals surface area (Å²) in [5, 5.41) is 1.25. The molecule has 0 saturated carbocycles. The third kappa shape index (κ3) is 4.15. The monoisotopic (exact) mass is 442 g/mol. The summed E-state index contributed by atoms with van der Waals surface area (Å²) < 4.78 is 29.2. The van der Waals surface area contributed by atoms with E-state index in [1.54, 1.807) is 41.7 Å². The summed E-state index contributed by atoms with van der Waals surface area (Å²) in [6, 6.07) is 16.5. The molecular weight excluding hydrogens is 424 g/mol. The Morgan fingerprint density at radius 1 is 0.897 bits per heavy atom. The second kappa shape index (κ2) is 7.44. The first kappa shape index (κ1) is 19.9. The number of nitrogens with zero attached hydrogens (tertiary/aromatic N) is 1. The fraction of sp³-hybridized carbons (Fsp3) is 0.136. The van der Waals surface area contributed by atoms with Crippen LogP contribution >= 0.6 is 22.9 Å². The van der Waals surface area contributed by atoms with Crippen molar-refractivity contribution in [1.29, 1.82) is 0 Å². The van der Waals surface area contributed by atoms with Gasteiger partial charge in [0.15, 0.2) is 0 Å². The SMILES string of the molecule is Cc1cc(C)cc(S(=O)(=O)Nc2ccc(-c3nc4ccc(C)cc4s3)c(Cl)c2)c1. The number of nitrogens with one attached hydrogen (secondary N) is 1. The minimum Gasteiger partial charge on any atom is -0.280 e. The molecule has 7 heteroatoms. The molecule has 0 atom stereocenters. The lowest BCUT2D eigenvalue weighted by Crippen LogP contribution is -2.13. The van der Waals surface area contributed by atoms with Gasteiger partial charge in [0.1, 0.15) is 5.01 Å². The highest BCUT2D eigenvalue weighted by Gasteiger charge is 2.17. The number of aryl methyl sites for hydroxylation is 3.